The number of hydrogen-bond acceptors (Lipinski definition) is 2. The fraction of sp³-hybridized carbons (Fsp3) is 0. The first-order chi connectivity index (χ1) is 6.61. The maximum Gasteiger partial charge on any atom is 0.415 e. The molecule has 72 valence electrons. The number of rotatable bonds is 0. The molecule has 0 aliphatic rings. The van der Waals surface area contributed by atoms with E-state index in [1.165, 1.54) is 12.3 Å². The summed E-state index contributed by atoms with van der Waals surface area (Å²) in [6.07, 6.45) is 0.398. The molecule has 0 bridgehead atoms. The molecule has 0 unspecified atom stereocenters. The Bertz CT molecular complexity index is 518. The van der Waals surface area contributed by atoms with Gasteiger partial charge in [0.2, 0.25) is 0 Å². The van der Waals surface area contributed by atoms with Crippen molar-refractivity contribution in [2.45, 2.75) is 0 Å². The number of fused-ring (bicyclic) bond motifs is 1. The van der Waals surface area contributed by atoms with Crippen molar-refractivity contribution in [1.29, 1.82) is 0 Å². The normalized spacial score (nSPS) is 10.6. The largest absolute Gasteiger partial charge is 0.507 e. The summed E-state index contributed by atoms with van der Waals surface area (Å²) < 4.78 is 1.61. The second-order valence-electron chi connectivity index (χ2n) is 2.80. The summed E-state index contributed by atoms with van der Waals surface area (Å²) in [6.45, 7) is 0. The van der Waals surface area contributed by atoms with E-state index in [9.17, 15) is 9.90 Å². The molecule has 2 rings (SSSR count). The molecule has 0 atom stereocenters. The Morgan fingerprint density at radius 2 is 2.07 bits per heavy atom. The molecule has 0 radical (unpaired) electrons. The van der Waals surface area contributed by atoms with Gasteiger partial charge in [-0.3, -0.25) is 4.57 Å². The van der Waals surface area contributed by atoms with E-state index in [4.69, 9.17) is 5.11 Å². The van der Waals surface area contributed by atoms with E-state index in [0.29, 0.717) is 15.4 Å². The highest BCUT2D eigenvalue weighted by Crippen LogP contribution is 2.32. The zero-order chi connectivity index (χ0) is 10.3. The van der Waals surface area contributed by atoms with E-state index in [1.807, 2.05) is 0 Å². The first-order valence-corrected chi connectivity index (χ1v) is 4.62. The van der Waals surface area contributed by atoms with Crippen LogP contribution in [0.4, 0.5) is 4.79 Å². The van der Waals surface area contributed by atoms with Crippen LogP contribution in [0, 0.1) is 0 Å². The topological polar surface area (TPSA) is 62.5 Å². The molecule has 0 aliphatic carbocycles. The van der Waals surface area contributed by atoms with Gasteiger partial charge in [-0.2, -0.15) is 0 Å². The van der Waals surface area contributed by atoms with Crippen molar-refractivity contribution in [3.63, 3.8) is 0 Å². The van der Waals surface area contributed by atoms with Crippen molar-refractivity contribution in [1.82, 2.24) is 4.57 Å². The smallest absolute Gasteiger partial charge is 0.415 e. The van der Waals surface area contributed by atoms with Crippen LogP contribution in [-0.4, -0.2) is 20.9 Å². The number of carbonyl (C=O) groups is 1. The van der Waals surface area contributed by atoms with Gasteiger partial charge in [-0.15, -0.1) is 0 Å². The summed E-state index contributed by atoms with van der Waals surface area (Å²) in [5, 5.41) is 18.9. The number of nitrogens with zero attached hydrogens (tertiary/aromatic N) is 1. The van der Waals surface area contributed by atoms with Crippen LogP contribution in [-0.2, 0) is 0 Å². The lowest BCUT2D eigenvalue weighted by atomic mass is 10.2. The molecule has 1 heterocycles. The minimum absolute atomic E-state index is 0.0978. The van der Waals surface area contributed by atoms with Gasteiger partial charge >= 0.3 is 6.09 Å². The molecule has 2 aromatic rings. The molecular formula is C9H6BrNO3. The lowest BCUT2D eigenvalue weighted by Gasteiger charge is -2.00. The van der Waals surface area contributed by atoms with Crippen LogP contribution < -0.4 is 0 Å². The van der Waals surface area contributed by atoms with Gasteiger partial charge in [0.1, 0.15) is 5.75 Å². The molecule has 0 fully saturated rings. The van der Waals surface area contributed by atoms with Crippen LogP contribution in [0.2, 0.25) is 0 Å². The van der Waals surface area contributed by atoms with E-state index in [0.717, 1.165) is 4.57 Å². The van der Waals surface area contributed by atoms with E-state index in [1.54, 1.807) is 12.1 Å². The zero-order valence-electron chi connectivity index (χ0n) is 6.94. The average molecular weight is 256 g/mol. The first kappa shape index (κ1) is 9.08. The second-order valence-corrected chi connectivity index (χ2v) is 3.59. The van der Waals surface area contributed by atoms with Crippen LogP contribution >= 0.6 is 15.9 Å². The van der Waals surface area contributed by atoms with Gasteiger partial charge in [0.05, 0.1) is 9.99 Å². The summed E-state index contributed by atoms with van der Waals surface area (Å²) in [5.41, 5.74) is 0.544. The third-order valence-corrected chi connectivity index (χ3v) is 2.83. The maximum atomic E-state index is 10.8. The lowest BCUT2D eigenvalue weighted by molar-refractivity contribution is 0.197. The minimum atomic E-state index is -1.04. The molecule has 0 spiro atoms. The molecule has 5 heteroatoms. The van der Waals surface area contributed by atoms with Gasteiger partial charge in [0.15, 0.2) is 0 Å². The third-order valence-electron chi connectivity index (χ3n) is 1.99. The van der Waals surface area contributed by atoms with E-state index in [2.05, 4.69) is 15.9 Å². The van der Waals surface area contributed by atoms with Crippen molar-refractivity contribution >= 4 is 32.9 Å². The lowest BCUT2D eigenvalue weighted by Crippen LogP contribution is -2.05. The Labute approximate surface area is 87.5 Å². The SMILES string of the molecule is O=C(O)n1ccc2c(Br)c(O)ccc21. The van der Waals surface area contributed by atoms with E-state index in [-0.39, 0.29) is 5.75 Å². The van der Waals surface area contributed by atoms with Crippen molar-refractivity contribution < 1.29 is 15.0 Å². The van der Waals surface area contributed by atoms with Crippen LogP contribution in [0.25, 0.3) is 10.9 Å². The highest BCUT2D eigenvalue weighted by atomic mass is 79.9. The Kier molecular flexibility index (Phi) is 1.96. The highest BCUT2D eigenvalue weighted by molar-refractivity contribution is 9.10. The number of carboxylic acid groups (broad SMARTS) is 1. The molecule has 1 aromatic heterocycles. The van der Waals surface area contributed by atoms with Gasteiger partial charge in [0.25, 0.3) is 0 Å². The van der Waals surface area contributed by atoms with E-state index >= 15 is 0 Å². The predicted molar refractivity (Wildman–Crippen MR) is 54.7 cm³/mol. The Hall–Kier alpha value is -1.49. The van der Waals surface area contributed by atoms with Crippen LogP contribution in [0.1, 0.15) is 0 Å². The standard InChI is InChI=1S/C9H6BrNO3/c10-8-5-3-4-11(9(13)14)6(5)1-2-7(8)12/h1-4,12H,(H,13,14). The van der Waals surface area contributed by atoms with Crippen LogP contribution in [0.15, 0.2) is 28.9 Å². The molecule has 14 heavy (non-hydrogen) atoms. The molecule has 0 saturated carbocycles. The maximum absolute atomic E-state index is 10.8. The molecular weight excluding hydrogens is 250 g/mol. The number of halogens is 1. The first-order valence-electron chi connectivity index (χ1n) is 3.83. The summed E-state index contributed by atoms with van der Waals surface area (Å²) in [5.74, 6) is 0.0978. The Morgan fingerprint density at radius 3 is 2.71 bits per heavy atom. The van der Waals surface area contributed by atoms with Crippen molar-refractivity contribution in [2.75, 3.05) is 0 Å². The number of aromatic nitrogens is 1. The molecule has 0 saturated heterocycles. The number of hydrogen-bond donors (Lipinski definition) is 2. The monoisotopic (exact) mass is 255 g/mol. The molecule has 4 nitrogen and oxygen atoms in total. The molecule has 0 aliphatic heterocycles. The Morgan fingerprint density at radius 1 is 1.36 bits per heavy atom. The summed E-state index contributed by atoms with van der Waals surface area (Å²) in [7, 11) is 0. The summed E-state index contributed by atoms with van der Waals surface area (Å²) in [4.78, 5) is 10.8. The predicted octanol–water partition coefficient (Wildman–Crippen LogP) is 2.64. The number of phenolic OH excluding ortho intramolecular Hbond substituents is 1. The number of phenols is 1. The fourth-order valence-electron chi connectivity index (χ4n) is 1.34. The third kappa shape index (κ3) is 1.17. The van der Waals surface area contributed by atoms with Gasteiger partial charge in [-0.1, -0.05) is 0 Å². The van der Waals surface area contributed by atoms with E-state index < -0.39 is 6.09 Å². The van der Waals surface area contributed by atoms with Gasteiger partial charge in [-0.05, 0) is 34.1 Å². The average Bonchev–Trinajstić information content (AvgIpc) is 2.55. The van der Waals surface area contributed by atoms with Gasteiger partial charge < -0.3 is 10.2 Å². The van der Waals surface area contributed by atoms with Crippen molar-refractivity contribution in [3.8, 4) is 5.75 Å². The number of aromatic hydroxyl groups is 1. The van der Waals surface area contributed by atoms with Gasteiger partial charge in [-0.25, -0.2) is 4.79 Å². The quantitative estimate of drug-likeness (QED) is 0.761. The number of benzene rings is 1. The Balaban J connectivity index is 2.83. The second kappa shape index (κ2) is 3.02. The summed E-state index contributed by atoms with van der Waals surface area (Å²) in [6, 6.07) is 4.64. The summed E-state index contributed by atoms with van der Waals surface area (Å²) >= 11 is 3.19. The molecule has 0 amide bonds. The minimum Gasteiger partial charge on any atom is -0.507 e. The van der Waals surface area contributed by atoms with Crippen LogP contribution in [0.3, 0.4) is 0 Å². The van der Waals surface area contributed by atoms with Crippen molar-refractivity contribution in [3.05, 3.63) is 28.9 Å². The fourth-order valence-corrected chi connectivity index (χ4v) is 1.80. The molecule has 1 aromatic carbocycles. The van der Waals surface area contributed by atoms with Gasteiger partial charge in [0, 0.05) is 11.6 Å². The van der Waals surface area contributed by atoms with Crippen molar-refractivity contribution in [2.24, 2.45) is 0 Å². The highest BCUT2D eigenvalue weighted by Gasteiger charge is 2.10. The molecule has 2 N–H and O–H groups in total. The zero-order valence-corrected chi connectivity index (χ0v) is 8.52. The van der Waals surface area contributed by atoms with Crippen LogP contribution in [0.5, 0.6) is 5.75 Å².